The fourth-order valence-electron chi connectivity index (χ4n) is 0.933. The van der Waals surface area contributed by atoms with Gasteiger partial charge in [0.2, 0.25) is 0 Å². The third-order valence-corrected chi connectivity index (χ3v) is 1.54. The molecule has 0 aliphatic heterocycles. The van der Waals surface area contributed by atoms with Gasteiger partial charge in [0.25, 0.3) is 0 Å². The Morgan fingerprint density at radius 3 is 1.67 bits per heavy atom. The molecule has 0 saturated carbocycles. The van der Waals surface area contributed by atoms with E-state index >= 15 is 0 Å². The van der Waals surface area contributed by atoms with Crippen molar-refractivity contribution >= 4 is 0 Å². The van der Waals surface area contributed by atoms with E-state index in [0.29, 0.717) is 6.54 Å². The van der Waals surface area contributed by atoms with Crippen molar-refractivity contribution in [3.8, 4) is 0 Å². The summed E-state index contributed by atoms with van der Waals surface area (Å²) in [5, 5.41) is 14.6. The van der Waals surface area contributed by atoms with Crippen LogP contribution in [0.15, 0.2) is 30.3 Å². The molecule has 0 saturated heterocycles. The van der Waals surface area contributed by atoms with Gasteiger partial charge in [0.15, 0.2) is 0 Å². The predicted molar refractivity (Wildman–Crippen MR) is 76.3 cm³/mol. The summed E-state index contributed by atoms with van der Waals surface area (Å²) in [4.78, 5) is 0. The van der Waals surface area contributed by atoms with Crippen molar-refractivity contribution in [2.24, 2.45) is 0 Å². The first-order valence-corrected chi connectivity index (χ1v) is 5.20. The highest BCUT2D eigenvalue weighted by atomic mass is 16.5. The largest absolute Gasteiger partial charge is 0.412 e. The zero-order valence-electron chi connectivity index (χ0n) is 11.6. The maximum Gasteiger partial charge on any atom is 0.0319 e. The van der Waals surface area contributed by atoms with E-state index in [-0.39, 0.29) is 17.1 Å². The Kier molecular flexibility index (Phi) is 49.9. The number of nitrogens with one attached hydrogen (secondary N) is 1. The molecule has 0 amide bonds. The lowest BCUT2D eigenvalue weighted by Crippen LogP contribution is -2.02. The van der Waals surface area contributed by atoms with Gasteiger partial charge in [-0.25, -0.2) is 5.48 Å². The maximum absolute atomic E-state index is 7.62. The monoisotopic (exact) mass is 266 g/mol. The van der Waals surface area contributed by atoms with E-state index in [2.05, 4.69) is 37.3 Å². The summed E-state index contributed by atoms with van der Waals surface area (Å²) in [5.74, 6) is 0. The van der Waals surface area contributed by atoms with Gasteiger partial charge in [-0.2, -0.15) is 0 Å². The molecule has 1 rings (SSSR count). The molecule has 6 heteroatoms. The van der Waals surface area contributed by atoms with Crippen LogP contribution < -0.4 is 11.6 Å². The van der Waals surface area contributed by atoms with Crippen LogP contribution in [0.1, 0.15) is 25.8 Å². The van der Waals surface area contributed by atoms with Crippen molar-refractivity contribution < 1.29 is 21.3 Å². The van der Waals surface area contributed by atoms with E-state index in [4.69, 9.17) is 10.3 Å². The number of hydrogen-bond donors (Lipinski definition) is 4. The quantitative estimate of drug-likeness (QED) is 0.596. The van der Waals surface area contributed by atoms with Gasteiger partial charge in [-0.05, 0) is 12.0 Å². The minimum atomic E-state index is 0. The van der Waals surface area contributed by atoms with Crippen molar-refractivity contribution in [1.29, 1.82) is 0 Å². The number of rotatable bonds is 3. The second-order valence-electron chi connectivity index (χ2n) is 2.75. The molecule has 112 valence electrons. The van der Waals surface area contributed by atoms with Crippen molar-refractivity contribution in [2.45, 2.75) is 26.7 Å². The first-order chi connectivity index (χ1) is 7.35. The predicted octanol–water partition coefficient (Wildman–Crippen LogP) is 0.745. The summed E-state index contributed by atoms with van der Waals surface area (Å²) >= 11 is 0. The molecule has 1 aromatic carbocycles. The summed E-state index contributed by atoms with van der Waals surface area (Å²) in [7, 11) is 1.00. The fraction of sp³-hybridized carbons (Fsp3) is 0.500. The van der Waals surface area contributed by atoms with Gasteiger partial charge in [0.1, 0.15) is 0 Å². The molecular formula is C12H30N2O4. The highest BCUT2D eigenvalue weighted by Gasteiger charge is 1.84. The number of hydrogen-bond acceptors (Lipinski definition) is 4. The fourth-order valence-corrected chi connectivity index (χ4v) is 0.933. The molecule has 0 spiro atoms. The molecule has 18 heavy (non-hydrogen) atoms. The van der Waals surface area contributed by atoms with Crippen molar-refractivity contribution in [3.63, 3.8) is 0 Å². The van der Waals surface area contributed by atoms with Gasteiger partial charge in [-0.3, -0.25) is 0 Å². The first-order valence-electron chi connectivity index (χ1n) is 5.20. The Morgan fingerprint density at radius 1 is 1.00 bits per heavy atom. The van der Waals surface area contributed by atoms with Gasteiger partial charge >= 0.3 is 0 Å². The third-order valence-electron chi connectivity index (χ3n) is 1.54. The molecule has 0 aromatic heterocycles. The van der Waals surface area contributed by atoms with E-state index in [9.17, 15) is 0 Å². The number of aliphatic hydroxyl groups excluding tert-OH is 1. The van der Waals surface area contributed by atoms with Gasteiger partial charge in [0, 0.05) is 13.7 Å². The van der Waals surface area contributed by atoms with Gasteiger partial charge in [-0.15, -0.1) is 0 Å². The van der Waals surface area contributed by atoms with Crippen LogP contribution in [0.2, 0.25) is 0 Å². The normalized spacial score (nSPS) is 6.72. The van der Waals surface area contributed by atoms with Crippen LogP contribution in [0, 0.1) is 0 Å². The van der Waals surface area contributed by atoms with Crippen LogP contribution in [0.3, 0.4) is 0 Å². The van der Waals surface area contributed by atoms with Crippen LogP contribution in [0.25, 0.3) is 0 Å². The lowest BCUT2D eigenvalue weighted by Gasteiger charge is -1.93. The van der Waals surface area contributed by atoms with Crippen molar-refractivity contribution in [2.75, 3.05) is 13.7 Å². The summed E-state index contributed by atoms with van der Waals surface area (Å²) in [6.45, 7) is 4.65. The Bertz CT molecular complexity index is 197. The van der Waals surface area contributed by atoms with Crippen LogP contribution in [0.4, 0.5) is 0 Å². The molecule has 0 heterocycles. The Labute approximate surface area is 110 Å². The molecule has 0 unspecified atom stereocenters. The number of benzene rings is 1. The van der Waals surface area contributed by atoms with Crippen molar-refractivity contribution in [3.05, 3.63) is 35.9 Å². The van der Waals surface area contributed by atoms with Crippen molar-refractivity contribution in [1.82, 2.24) is 11.6 Å². The average Bonchev–Trinajstić information content (AvgIpc) is 2.34. The minimum Gasteiger partial charge on any atom is -0.412 e. The molecular weight excluding hydrogens is 236 g/mol. The highest BCUT2D eigenvalue weighted by molar-refractivity contribution is 5.14. The zero-order valence-corrected chi connectivity index (χ0v) is 11.6. The number of hydroxylamine groups is 1. The van der Waals surface area contributed by atoms with E-state index in [0.717, 1.165) is 7.11 Å². The van der Waals surface area contributed by atoms with Gasteiger partial charge in [-0.1, -0.05) is 50.6 Å². The third kappa shape index (κ3) is 24.3. The summed E-state index contributed by atoms with van der Waals surface area (Å²) in [5.41, 5.74) is 3.38. The Balaban J connectivity index is -0.0000000553. The summed E-state index contributed by atoms with van der Waals surface area (Å²) in [6, 6.07) is 10.6. The van der Waals surface area contributed by atoms with E-state index in [1.165, 1.54) is 18.4 Å². The zero-order chi connectivity index (χ0) is 11.9. The van der Waals surface area contributed by atoms with E-state index in [1.807, 2.05) is 12.4 Å². The van der Waals surface area contributed by atoms with E-state index in [1.54, 1.807) is 0 Å². The molecule has 6 nitrogen and oxygen atoms in total. The molecule has 0 atom stereocenters. The second kappa shape index (κ2) is 29.7. The first kappa shape index (κ1) is 30.2. The summed E-state index contributed by atoms with van der Waals surface area (Å²) < 4.78 is 0. The van der Waals surface area contributed by atoms with Crippen LogP contribution in [0.5, 0.6) is 0 Å². The Hall–Kier alpha value is -1.02. The standard InChI is InChI=1S/C9H12.C2H7NO.CH4O.H3N.2H2O/c1-2-6-9-7-4-3-5-8-9;1-2-3-4;1-2;;;/h3-5,7-8H,2,6H2,1H3;3-4H,2H2,1H3;2H,1H3;1H3;2*1H2. The minimum absolute atomic E-state index is 0. The van der Waals surface area contributed by atoms with E-state index < -0.39 is 0 Å². The molecule has 10 N–H and O–H groups in total. The molecule has 0 radical (unpaired) electrons. The highest BCUT2D eigenvalue weighted by Crippen LogP contribution is 2.00. The number of aryl methyl sites for hydroxylation is 1. The molecule has 0 aliphatic carbocycles. The van der Waals surface area contributed by atoms with Crippen LogP contribution >= 0.6 is 0 Å². The van der Waals surface area contributed by atoms with Gasteiger partial charge < -0.3 is 27.4 Å². The lowest BCUT2D eigenvalue weighted by atomic mass is 10.1. The Morgan fingerprint density at radius 2 is 1.39 bits per heavy atom. The topological polar surface area (TPSA) is 150 Å². The average molecular weight is 266 g/mol. The SMILES string of the molecule is CCCc1ccccc1.CCNO.CO.N.O.O. The van der Waals surface area contributed by atoms with Crippen LogP contribution in [-0.2, 0) is 6.42 Å². The lowest BCUT2D eigenvalue weighted by molar-refractivity contribution is 0.173. The van der Waals surface area contributed by atoms with Crippen LogP contribution in [-0.4, -0.2) is 34.9 Å². The number of aliphatic hydroxyl groups is 1. The smallest absolute Gasteiger partial charge is 0.0319 e. The van der Waals surface area contributed by atoms with Gasteiger partial charge in [0.05, 0.1) is 0 Å². The second-order valence-corrected chi connectivity index (χ2v) is 2.75. The molecule has 0 fully saturated rings. The molecule has 1 aromatic rings. The molecule has 0 aliphatic rings. The molecule has 0 bridgehead atoms. The summed E-state index contributed by atoms with van der Waals surface area (Å²) in [6.07, 6.45) is 2.45. The maximum atomic E-state index is 7.62.